The topological polar surface area (TPSA) is 58.3 Å². The third-order valence-electron chi connectivity index (χ3n) is 3.56. The summed E-state index contributed by atoms with van der Waals surface area (Å²) in [5.74, 6) is 0.377. The highest BCUT2D eigenvalue weighted by Crippen LogP contribution is 2.08. The van der Waals surface area contributed by atoms with E-state index in [0.29, 0.717) is 25.3 Å². The number of rotatable bonds is 6. The van der Waals surface area contributed by atoms with Crippen molar-refractivity contribution >= 4 is 0 Å². The molecular weight excluding hydrogens is 254 g/mol. The van der Waals surface area contributed by atoms with Gasteiger partial charge < -0.3 is 9.30 Å². The summed E-state index contributed by atoms with van der Waals surface area (Å²) in [5.41, 5.74) is -0.151. The summed E-state index contributed by atoms with van der Waals surface area (Å²) in [5, 5.41) is 8.57. The van der Waals surface area contributed by atoms with E-state index in [0.717, 1.165) is 19.6 Å². The zero-order chi connectivity index (χ0) is 14.2. The minimum absolute atomic E-state index is 0.151. The molecule has 0 aromatic carbocycles. The molecule has 1 aromatic rings. The van der Waals surface area contributed by atoms with Crippen molar-refractivity contribution in [1.82, 2.24) is 9.47 Å². The Bertz CT molecular complexity index is 513. The normalized spacial score (nSPS) is 15.8. The van der Waals surface area contributed by atoms with Crippen LogP contribution in [0.25, 0.3) is 0 Å². The van der Waals surface area contributed by atoms with Crippen molar-refractivity contribution in [3.63, 3.8) is 0 Å². The predicted molar refractivity (Wildman–Crippen MR) is 76.7 cm³/mol. The highest BCUT2D eigenvalue weighted by atomic mass is 16.5. The molecule has 1 aliphatic rings. The SMILES string of the molecule is N#CCCn1cccc(OCCN2CCCCC2)c1=O. The Labute approximate surface area is 119 Å². The summed E-state index contributed by atoms with van der Waals surface area (Å²) in [4.78, 5) is 14.4. The van der Waals surface area contributed by atoms with E-state index in [1.165, 1.54) is 23.8 Å². The van der Waals surface area contributed by atoms with Crippen LogP contribution in [0.4, 0.5) is 0 Å². The van der Waals surface area contributed by atoms with Gasteiger partial charge in [0, 0.05) is 19.3 Å². The van der Waals surface area contributed by atoms with Gasteiger partial charge in [-0.05, 0) is 38.1 Å². The molecule has 0 saturated carbocycles. The zero-order valence-electron chi connectivity index (χ0n) is 11.8. The molecule has 1 aromatic heterocycles. The first kappa shape index (κ1) is 14.6. The fourth-order valence-electron chi connectivity index (χ4n) is 2.44. The number of hydrogen-bond donors (Lipinski definition) is 0. The highest BCUT2D eigenvalue weighted by Gasteiger charge is 2.10. The minimum atomic E-state index is -0.151. The number of hydrogen-bond acceptors (Lipinski definition) is 4. The zero-order valence-corrected chi connectivity index (χ0v) is 11.8. The van der Waals surface area contributed by atoms with Crippen molar-refractivity contribution in [3.05, 3.63) is 28.7 Å². The van der Waals surface area contributed by atoms with E-state index in [4.69, 9.17) is 10.00 Å². The van der Waals surface area contributed by atoms with E-state index in [-0.39, 0.29) is 5.56 Å². The number of ether oxygens (including phenoxy) is 1. The van der Waals surface area contributed by atoms with Gasteiger partial charge in [0.15, 0.2) is 5.75 Å². The van der Waals surface area contributed by atoms with Crippen molar-refractivity contribution in [3.8, 4) is 11.8 Å². The molecule has 0 radical (unpaired) electrons. The number of aryl methyl sites for hydroxylation is 1. The third-order valence-corrected chi connectivity index (χ3v) is 3.56. The molecule has 5 nitrogen and oxygen atoms in total. The molecule has 1 saturated heterocycles. The van der Waals surface area contributed by atoms with Crippen LogP contribution in [-0.4, -0.2) is 35.7 Å². The van der Waals surface area contributed by atoms with Gasteiger partial charge in [0.25, 0.3) is 5.56 Å². The molecule has 108 valence electrons. The molecule has 1 aliphatic heterocycles. The Morgan fingerprint density at radius 2 is 2.05 bits per heavy atom. The Kier molecular flexibility index (Phi) is 5.63. The Morgan fingerprint density at radius 1 is 1.25 bits per heavy atom. The number of likely N-dealkylation sites (tertiary alicyclic amines) is 1. The summed E-state index contributed by atoms with van der Waals surface area (Å²) in [6, 6.07) is 5.52. The quantitative estimate of drug-likeness (QED) is 0.791. The van der Waals surface area contributed by atoms with Crippen molar-refractivity contribution in [1.29, 1.82) is 5.26 Å². The number of aromatic nitrogens is 1. The molecule has 0 unspecified atom stereocenters. The fraction of sp³-hybridized carbons (Fsp3) is 0.600. The maximum absolute atomic E-state index is 12.1. The molecule has 1 fully saturated rings. The molecular formula is C15H21N3O2. The highest BCUT2D eigenvalue weighted by molar-refractivity contribution is 5.17. The summed E-state index contributed by atoms with van der Waals surface area (Å²) in [6.45, 7) is 4.08. The Morgan fingerprint density at radius 3 is 2.80 bits per heavy atom. The van der Waals surface area contributed by atoms with Gasteiger partial charge in [-0.15, -0.1) is 0 Å². The number of piperidine rings is 1. The summed E-state index contributed by atoms with van der Waals surface area (Å²) < 4.78 is 7.13. The maximum Gasteiger partial charge on any atom is 0.292 e. The lowest BCUT2D eigenvalue weighted by molar-refractivity contribution is 0.182. The molecule has 0 amide bonds. The molecule has 0 atom stereocenters. The average molecular weight is 275 g/mol. The average Bonchev–Trinajstić information content (AvgIpc) is 2.49. The monoisotopic (exact) mass is 275 g/mol. The molecule has 5 heteroatoms. The van der Waals surface area contributed by atoms with Crippen LogP contribution in [0, 0.1) is 11.3 Å². The van der Waals surface area contributed by atoms with Crippen LogP contribution >= 0.6 is 0 Å². The number of nitrogens with zero attached hydrogens (tertiary/aromatic N) is 3. The van der Waals surface area contributed by atoms with Crippen LogP contribution in [0.15, 0.2) is 23.1 Å². The van der Waals surface area contributed by atoms with Crippen LogP contribution in [-0.2, 0) is 6.54 Å². The first-order valence-electron chi connectivity index (χ1n) is 7.23. The lowest BCUT2D eigenvalue weighted by Gasteiger charge is -2.26. The van der Waals surface area contributed by atoms with Gasteiger partial charge in [0.05, 0.1) is 12.5 Å². The van der Waals surface area contributed by atoms with Gasteiger partial charge in [-0.3, -0.25) is 9.69 Å². The van der Waals surface area contributed by atoms with Crippen molar-refractivity contribution < 1.29 is 4.74 Å². The van der Waals surface area contributed by atoms with Crippen molar-refractivity contribution in [2.75, 3.05) is 26.2 Å². The van der Waals surface area contributed by atoms with Gasteiger partial charge in [-0.25, -0.2) is 0 Å². The molecule has 0 N–H and O–H groups in total. The standard InChI is InChI=1S/C15H21N3O2/c16-7-5-11-18-10-4-6-14(15(18)19)20-13-12-17-8-2-1-3-9-17/h4,6,10H,1-3,5,8-9,11-13H2. The van der Waals surface area contributed by atoms with Crippen molar-refractivity contribution in [2.45, 2.75) is 32.2 Å². The molecule has 2 rings (SSSR count). The van der Waals surface area contributed by atoms with E-state index in [1.54, 1.807) is 18.3 Å². The third kappa shape index (κ3) is 4.10. The number of pyridine rings is 1. The van der Waals surface area contributed by atoms with Crippen LogP contribution in [0.1, 0.15) is 25.7 Å². The van der Waals surface area contributed by atoms with Crippen LogP contribution < -0.4 is 10.3 Å². The van der Waals surface area contributed by atoms with Gasteiger partial charge in [-0.2, -0.15) is 5.26 Å². The van der Waals surface area contributed by atoms with E-state index < -0.39 is 0 Å². The van der Waals surface area contributed by atoms with E-state index in [9.17, 15) is 4.79 Å². The minimum Gasteiger partial charge on any atom is -0.487 e. The second-order valence-electron chi connectivity index (χ2n) is 5.03. The molecule has 2 heterocycles. The second-order valence-corrected chi connectivity index (χ2v) is 5.03. The van der Waals surface area contributed by atoms with E-state index in [2.05, 4.69) is 4.90 Å². The lowest BCUT2D eigenvalue weighted by atomic mass is 10.1. The lowest BCUT2D eigenvalue weighted by Crippen LogP contribution is -2.34. The van der Waals surface area contributed by atoms with Gasteiger partial charge in [-0.1, -0.05) is 6.42 Å². The second kappa shape index (κ2) is 7.71. The van der Waals surface area contributed by atoms with Crippen molar-refractivity contribution in [2.24, 2.45) is 0 Å². The van der Waals surface area contributed by atoms with E-state index in [1.807, 2.05) is 6.07 Å². The van der Waals surface area contributed by atoms with Crippen LogP contribution in [0.2, 0.25) is 0 Å². The Hall–Kier alpha value is -1.80. The maximum atomic E-state index is 12.1. The van der Waals surface area contributed by atoms with Gasteiger partial charge >= 0.3 is 0 Å². The largest absolute Gasteiger partial charge is 0.487 e. The molecule has 20 heavy (non-hydrogen) atoms. The van der Waals surface area contributed by atoms with Gasteiger partial charge in [0.2, 0.25) is 0 Å². The predicted octanol–water partition coefficient (Wildman–Crippen LogP) is 1.63. The first-order valence-corrected chi connectivity index (χ1v) is 7.23. The summed E-state index contributed by atoms with van der Waals surface area (Å²) >= 11 is 0. The van der Waals surface area contributed by atoms with Crippen LogP contribution in [0.5, 0.6) is 5.75 Å². The Balaban J connectivity index is 1.86. The number of nitriles is 1. The smallest absolute Gasteiger partial charge is 0.292 e. The van der Waals surface area contributed by atoms with Gasteiger partial charge in [0.1, 0.15) is 6.61 Å². The van der Waals surface area contributed by atoms with Crippen LogP contribution in [0.3, 0.4) is 0 Å². The first-order chi connectivity index (χ1) is 9.81. The molecule has 0 bridgehead atoms. The fourth-order valence-corrected chi connectivity index (χ4v) is 2.44. The molecule has 0 spiro atoms. The van der Waals surface area contributed by atoms with E-state index >= 15 is 0 Å². The molecule has 0 aliphatic carbocycles. The summed E-state index contributed by atoms with van der Waals surface area (Å²) in [6.07, 6.45) is 5.85. The summed E-state index contributed by atoms with van der Waals surface area (Å²) in [7, 11) is 0.